The molecule has 0 bridgehead atoms. The van der Waals surface area contributed by atoms with Crippen molar-refractivity contribution in [2.45, 2.75) is 0 Å². The molecule has 0 aromatic carbocycles. The van der Waals surface area contributed by atoms with Crippen molar-refractivity contribution in [3.8, 4) is 0 Å². The summed E-state index contributed by atoms with van der Waals surface area (Å²) in [7, 11) is 0. The van der Waals surface area contributed by atoms with Gasteiger partial charge in [-0.1, -0.05) is 5.11 Å². The van der Waals surface area contributed by atoms with E-state index in [0.29, 0.717) is 0 Å². The largest absolute Gasteiger partial charge is 0.368 e. The lowest BCUT2D eigenvalue weighted by Crippen LogP contribution is -2.34. The van der Waals surface area contributed by atoms with Crippen molar-refractivity contribution in [2.75, 3.05) is 13.1 Å². The standard InChI is InChI=1S/C4H7N5O2/c5-3(10)1-7-4(11)2-8-9-6/h1-2H2,(H2,5,10)(H,7,11). The zero-order valence-corrected chi connectivity index (χ0v) is 5.65. The highest BCUT2D eigenvalue weighted by Gasteiger charge is 1.99. The Bertz CT molecular complexity index is 207. The first kappa shape index (κ1) is 9.25. The second-order valence-corrected chi connectivity index (χ2v) is 1.63. The number of carbonyl (C=O) groups is 2. The van der Waals surface area contributed by atoms with Crippen LogP contribution in [0, 0.1) is 0 Å². The summed E-state index contributed by atoms with van der Waals surface area (Å²) in [5, 5.41) is 5.10. The minimum atomic E-state index is -0.640. The highest BCUT2D eigenvalue weighted by atomic mass is 16.2. The van der Waals surface area contributed by atoms with Gasteiger partial charge >= 0.3 is 0 Å². The van der Waals surface area contributed by atoms with Crippen LogP contribution in [-0.2, 0) is 9.59 Å². The maximum Gasteiger partial charge on any atom is 0.236 e. The molecule has 60 valence electrons. The molecular weight excluding hydrogens is 150 g/mol. The van der Waals surface area contributed by atoms with Crippen molar-refractivity contribution in [3.63, 3.8) is 0 Å². The number of hydrogen-bond acceptors (Lipinski definition) is 3. The number of nitrogens with zero attached hydrogens (tertiary/aromatic N) is 3. The molecule has 0 aliphatic rings. The fourth-order valence-electron chi connectivity index (χ4n) is 0.337. The fourth-order valence-corrected chi connectivity index (χ4v) is 0.337. The lowest BCUT2D eigenvalue weighted by molar-refractivity contribution is -0.123. The van der Waals surface area contributed by atoms with Crippen LogP contribution in [0.5, 0.6) is 0 Å². The molecule has 3 N–H and O–H groups in total. The number of rotatable bonds is 4. The van der Waals surface area contributed by atoms with Crippen LogP contribution in [0.1, 0.15) is 0 Å². The molecule has 0 heterocycles. The normalized spacial score (nSPS) is 8.00. The van der Waals surface area contributed by atoms with Gasteiger partial charge in [-0.3, -0.25) is 9.59 Å². The average molecular weight is 157 g/mol. The third-order valence-electron chi connectivity index (χ3n) is 0.737. The Balaban J connectivity index is 3.53. The highest BCUT2D eigenvalue weighted by molar-refractivity contribution is 5.84. The van der Waals surface area contributed by atoms with Crippen LogP contribution in [0.25, 0.3) is 10.4 Å². The zero-order valence-electron chi connectivity index (χ0n) is 5.65. The van der Waals surface area contributed by atoms with E-state index < -0.39 is 11.8 Å². The summed E-state index contributed by atoms with van der Waals surface area (Å²) in [4.78, 5) is 23.0. The summed E-state index contributed by atoms with van der Waals surface area (Å²) in [5.41, 5.74) is 12.5. The second kappa shape index (κ2) is 5.07. The molecule has 0 unspecified atom stereocenters. The van der Waals surface area contributed by atoms with Crippen molar-refractivity contribution < 1.29 is 9.59 Å². The molecule has 0 aliphatic carbocycles. The Morgan fingerprint density at radius 1 is 1.64 bits per heavy atom. The number of carbonyl (C=O) groups excluding carboxylic acids is 2. The predicted octanol–water partition coefficient (Wildman–Crippen LogP) is -1.10. The van der Waals surface area contributed by atoms with Gasteiger partial charge in [0.25, 0.3) is 0 Å². The maximum atomic E-state index is 10.5. The van der Waals surface area contributed by atoms with E-state index in [1.807, 2.05) is 0 Å². The molecule has 0 aromatic heterocycles. The molecule has 0 aliphatic heterocycles. The number of amides is 2. The first-order chi connectivity index (χ1) is 5.16. The van der Waals surface area contributed by atoms with Gasteiger partial charge in [0.2, 0.25) is 11.8 Å². The number of primary amides is 1. The van der Waals surface area contributed by atoms with Crippen LogP contribution in [-0.4, -0.2) is 24.9 Å². The molecule has 0 fully saturated rings. The van der Waals surface area contributed by atoms with Crippen LogP contribution in [0.3, 0.4) is 0 Å². The van der Waals surface area contributed by atoms with E-state index in [2.05, 4.69) is 15.3 Å². The van der Waals surface area contributed by atoms with Crippen LogP contribution in [0.2, 0.25) is 0 Å². The quantitative estimate of drug-likeness (QED) is 0.305. The Kier molecular flexibility index (Phi) is 4.26. The summed E-state index contributed by atoms with van der Waals surface area (Å²) >= 11 is 0. The summed E-state index contributed by atoms with van der Waals surface area (Å²) in [6.45, 7) is -0.552. The van der Waals surface area contributed by atoms with E-state index in [9.17, 15) is 9.59 Å². The third kappa shape index (κ3) is 6.13. The average Bonchev–Trinajstić information content (AvgIpc) is 1.97. The molecule has 0 aromatic rings. The number of hydrogen-bond donors (Lipinski definition) is 2. The van der Waals surface area contributed by atoms with Gasteiger partial charge in [0.15, 0.2) is 0 Å². The Morgan fingerprint density at radius 2 is 2.27 bits per heavy atom. The number of azide groups is 1. The van der Waals surface area contributed by atoms with E-state index in [4.69, 9.17) is 11.3 Å². The number of nitrogens with two attached hydrogens (primary N) is 1. The van der Waals surface area contributed by atoms with Crippen molar-refractivity contribution in [1.29, 1.82) is 0 Å². The highest BCUT2D eigenvalue weighted by Crippen LogP contribution is 1.70. The molecule has 0 spiro atoms. The Morgan fingerprint density at radius 3 is 2.73 bits per heavy atom. The number of nitrogens with one attached hydrogen (secondary N) is 1. The predicted molar refractivity (Wildman–Crippen MR) is 36.2 cm³/mol. The molecule has 2 amide bonds. The third-order valence-corrected chi connectivity index (χ3v) is 0.737. The van der Waals surface area contributed by atoms with Gasteiger partial charge in [-0.15, -0.1) is 0 Å². The molecule has 11 heavy (non-hydrogen) atoms. The monoisotopic (exact) mass is 157 g/mol. The summed E-state index contributed by atoms with van der Waals surface area (Å²) in [6.07, 6.45) is 0. The van der Waals surface area contributed by atoms with Gasteiger partial charge in [0.05, 0.1) is 6.54 Å². The van der Waals surface area contributed by atoms with E-state index in [1.165, 1.54) is 0 Å². The lowest BCUT2D eigenvalue weighted by atomic mass is 10.5. The van der Waals surface area contributed by atoms with E-state index in [0.717, 1.165) is 0 Å². The van der Waals surface area contributed by atoms with E-state index >= 15 is 0 Å². The zero-order chi connectivity index (χ0) is 8.69. The molecule has 0 rings (SSSR count). The molecule has 0 atom stereocenters. The first-order valence-electron chi connectivity index (χ1n) is 2.72. The molecular formula is C4H7N5O2. The van der Waals surface area contributed by atoms with Crippen LogP contribution in [0.4, 0.5) is 0 Å². The minimum Gasteiger partial charge on any atom is -0.368 e. The van der Waals surface area contributed by atoms with Gasteiger partial charge in [0.1, 0.15) is 6.54 Å². The Hall–Kier alpha value is -1.75. The van der Waals surface area contributed by atoms with E-state index in [-0.39, 0.29) is 13.1 Å². The topological polar surface area (TPSA) is 121 Å². The summed E-state index contributed by atoms with van der Waals surface area (Å²) in [5.74, 6) is -1.17. The molecule has 0 saturated heterocycles. The summed E-state index contributed by atoms with van der Waals surface area (Å²) in [6, 6.07) is 0. The molecule has 7 heteroatoms. The van der Waals surface area contributed by atoms with E-state index in [1.54, 1.807) is 0 Å². The smallest absolute Gasteiger partial charge is 0.236 e. The molecule has 0 saturated carbocycles. The van der Waals surface area contributed by atoms with Crippen LogP contribution in [0.15, 0.2) is 5.11 Å². The van der Waals surface area contributed by atoms with Crippen LogP contribution >= 0.6 is 0 Å². The van der Waals surface area contributed by atoms with Crippen LogP contribution < -0.4 is 11.1 Å². The van der Waals surface area contributed by atoms with Crippen molar-refractivity contribution in [3.05, 3.63) is 10.4 Å². The van der Waals surface area contributed by atoms with Gasteiger partial charge in [-0.05, 0) is 5.53 Å². The first-order valence-corrected chi connectivity index (χ1v) is 2.72. The van der Waals surface area contributed by atoms with Crippen molar-refractivity contribution in [2.24, 2.45) is 10.8 Å². The Labute approximate surface area is 62.2 Å². The van der Waals surface area contributed by atoms with Gasteiger partial charge in [-0.2, -0.15) is 0 Å². The maximum absolute atomic E-state index is 10.5. The second-order valence-electron chi connectivity index (χ2n) is 1.63. The fraction of sp³-hybridized carbons (Fsp3) is 0.500. The molecule has 0 radical (unpaired) electrons. The van der Waals surface area contributed by atoms with Gasteiger partial charge < -0.3 is 11.1 Å². The van der Waals surface area contributed by atoms with Crippen molar-refractivity contribution >= 4 is 11.8 Å². The SMILES string of the molecule is [N-]=[N+]=NCC(=O)NCC(N)=O. The van der Waals surface area contributed by atoms with Gasteiger partial charge in [0, 0.05) is 4.91 Å². The molecule has 7 nitrogen and oxygen atoms in total. The van der Waals surface area contributed by atoms with Gasteiger partial charge in [-0.25, -0.2) is 0 Å². The minimum absolute atomic E-state index is 0.236. The lowest BCUT2D eigenvalue weighted by Gasteiger charge is -1.96. The summed E-state index contributed by atoms with van der Waals surface area (Å²) < 4.78 is 0. The van der Waals surface area contributed by atoms with Crippen molar-refractivity contribution in [1.82, 2.24) is 5.32 Å².